The second kappa shape index (κ2) is 7.82. The molecule has 2 aromatic heterocycles. The van der Waals surface area contributed by atoms with E-state index in [0.29, 0.717) is 4.68 Å². The van der Waals surface area contributed by atoms with Crippen molar-refractivity contribution in [3.8, 4) is 0 Å². The molecule has 2 aromatic rings. The Bertz CT molecular complexity index is 1040. The molecular weight excluding hydrogens is 443 g/mol. The largest absolute Gasteiger partial charge is 0.420 e. The van der Waals surface area contributed by atoms with Crippen molar-refractivity contribution in [1.82, 2.24) is 14.8 Å². The van der Waals surface area contributed by atoms with Gasteiger partial charge in [0.05, 0.1) is 22.8 Å². The lowest BCUT2D eigenvalue weighted by Gasteiger charge is -2.35. The highest BCUT2D eigenvalue weighted by molar-refractivity contribution is 5.77. The summed E-state index contributed by atoms with van der Waals surface area (Å²) in [5, 5.41) is 6.09. The highest BCUT2D eigenvalue weighted by atomic mass is 19.4. The molecule has 0 aromatic carbocycles. The Kier molecular flexibility index (Phi) is 5.77. The number of hydrogen-bond acceptors (Lipinski definition) is 4. The van der Waals surface area contributed by atoms with Crippen molar-refractivity contribution in [1.29, 1.82) is 0 Å². The molecular formula is C20H20F7N5. The molecule has 3 rings (SSSR count). The van der Waals surface area contributed by atoms with Crippen molar-refractivity contribution >= 4 is 17.1 Å². The summed E-state index contributed by atoms with van der Waals surface area (Å²) in [7, 11) is 0. The summed E-state index contributed by atoms with van der Waals surface area (Å²) in [4.78, 5) is 3.94. The Morgan fingerprint density at radius 1 is 1.25 bits per heavy atom. The molecule has 0 atom stereocenters. The van der Waals surface area contributed by atoms with Crippen LogP contribution in [0.2, 0.25) is 0 Å². The van der Waals surface area contributed by atoms with Gasteiger partial charge in [-0.2, -0.15) is 27.1 Å². The standard InChI is InChI=1S/C20H20F7N5/c1-10(28)14-6-13(4-5-29-14)30-11(2)16-15(20(25,26)27)17(18(3,21)22)31-32(16)9-12-7-19(23,24)8-12/h4-6,12H,1-2,7-9,28H2,3H3,(H,29,30). The fourth-order valence-electron chi connectivity index (χ4n) is 3.55. The Hall–Kier alpha value is -3.05. The van der Waals surface area contributed by atoms with Crippen LogP contribution in [0.5, 0.6) is 0 Å². The van der Waals surface area contributed by atoms with Gasteiger partial charge in [0.25, 0.3) is 5.92 Å². The zero-order chi connectivity index (χ0) is 24.1. The highest BCUT2D eigenvalue weighted by Gasteiger charge is 2.49. The van der Waals surface area contributed by atoms with Gasteiger partial charge in [0, 0.05) is 38.2 Å². The molecule has 1 aliphatic carbocycles. The van der Waals surface area contributed by atoms with E-state index in [0.717, 1.165) is 0 Å². The minimum atomic E-state index is -5.20. The molecule has 0 amide bonds. The fraction of sp³-hybridized carbons (Fsp3) is 0.400. The Balaban J connectivity index is 2.06. The van der Waals surface area contributed by atoms with Crippen LogP contribution in [-0.2, 0) is 18.6 Å². The molecule has 3 N–H and O–H groups in total. The first-order valence-corrected chi connectivity index (χ1v) is 9.40. The highest BCUT2D eigenvalue weighted by Crippen LogP contribution is 2.46. The molecule has 0 spiro atoms. The van der Waals surface area contributed by atoms with Gasteiger partial charge in [0.15, 0.2) is 0 Å². The van der Waals surface area contributed by atoms with Gasteiger partial charge < -0.3 is 11.1 Å². The maximum atomic E-state index is 14.0. The van der Waals surface area contributed by atoms with Gasteiger partial charge in [0.1, 0.15) is 11.3 Å². The minimum absolute atomic E-state index is 0.0964. The fourth-order valence-corrected chi connectivity index (χ4v) is 3.55. The van der Waals surface area contributed by atoms with E-state index >= 15 is 0 Å². The van der Waals surface area contributed by atoms with Crippen molar-refractivity contribution in [3.05, 3.63) is 54.1 Å². The summed E-state index contributed by atoms with van der Waals surface area (Å²) >= 11 is 0. The topological polar surface area (TPSA) is 68.8 Å². The normalized spacial score (nSPS) is 16.5. The molecule has 1 aliphatic rings. The molecule has 5 nitrogen and oxygen atoms in total. The summed E-state index contributed by atoms with van der Waals surface area (Å²) in [5.74, 6) is -7.59. The maximum Gasteiger partial charge on any atom is 0.420 e. The zero-order valence-corrected chi connectivity index (χ0v) is 16.9. The molecule has 12 heteroatoms. The molecule has 1 saturated carbocycles. The molecule has 32 heavy (non-hydrogen) atoms. The van der Waals surface area contributed by atoms with Crippen LogP contribution in [-0.4, -0.2) is 20.7 Å². The maximum absolute atomic E-state index is 14.0. The Morgan fingerprint density at radius 3 is 2.38 bits per heavy atom. The number of rotatable bonds is 7. The van der Waals surface area contributed by atoms with Gasteiger partial charge >= 0.3 is 6.18 Å². The summed E-state index contributed by atoms with van der Waals surface area (Å²) < 4.78 is 96.8. The predicted molar refractivity (Wildman–Crippen MR) is 105 cm³/mol. The van der Waals surface area contributed by atoms with Gasteiger partial charge in [-0.15, -0.1) is 0 Å². The molecule has 0 bridgehead atoms. The number of alkyl halides is 7. The van der Waals surface area contributed by atoms with Crippen molar-refractivity contribution in [2.24, 2.45) is 11.7 Å². The van der Waals surface area contributed by atoms with Crippen LogP contribution in [0, 0.1) is 5.92 Å². The Labute approximate surface area is 178 Å². The van der Waals surface area contributed by atoms with E-state index in [1.807, 2.05) is 0 Å². The van der Waals surface area contributed by atoms with E-state index in [2.05, 4.69) is 28.6 Å². The van der Waals surface area contributed by atoms with Crippen molar-refractivity contribution in [2.45, 2.75) is 44.3 Å². The van der Waals surface area contributed by atoms with Crippen molar-refractivity contribution < 1.29 is 30.7 Å². The second-order valence-corrected chi connectivity index (χ2v) is 7.83. The van der Waals surface area contributed by atoms with E-state index < -0.39 is 66.0 Å². The molecule has 174 valence electrons. The predicted octanol–water partition coefficient (Wildman–Crippen LogP) is 5.47. The van der Waals surface area contributed by atoms with E-state index in [9.17, 15) is 30.7 Å². The van der Waals surface area contributed by atoms with Gasteiger partial charge in [-0.05, 0) is 18.1 Å². The first kappa shape index (κ1) is 23.6. The van der Waals surface area contributed by atoms with Crippen LogP contribution in [0.1, 0.15) is 42.4 Å². The Morgan fingerprint density at radius 2 is 1.88 bits per heavy atom. The number of nitrogens with two attached hydrogens (primary N) is 1. The number of hydrogen-bond donors (Lipinski definition) is 2. The average Bonchev–Trinajstić information content (AvgIpc) is 3.00. The number of anilines is 1. The van der Waals surface area contributed by atoms with Gasteiger partial charge in [-0.1, -0.05) is 13.2 Å². The second-order valence-electron chi connectivity index (χ2n) is 7.83. The molecule has 0 aliphatic heterocycles. The molecule has 1 fully saturated rings. The van der Waals surface area contributed by atoms with Gasteiger partial charge in [-0.25, -0.2) is 8.78 Å². The van der Waals surface area contributed by atoms with Gasteiger partial charge in [-0.3, -0.25) is 9.67 Å². The molecule has 0 radical (unpaired) electrons. The summed E-state index contributed by atoms with van der Waals surface area (Å²) in [6, 6.07) is 2.77. The van der Waals surface area contributed by atoms with Crippen LogP contribution in [0.3, 0.4) is 0 Å². The number of pyridine rings is 1. The first-order chi connectivity index (χ1) is 14.6. The van der Waals surface area contributed by atoms with E-state index in [1.165, 1.54) is 18.3 Å². The van der Waals surface area contributed by atoms with Gasteiger partial charge in [0.2, 0.25) is 5.92 Å². The lowest BCUT2D eigenvalue weighted by Crippen LogP contribution is -2.38. The first-order valence-electron chi connectivity index (χ1n) is 9.40. The zero-order valence-electron chi connectivity index (χ0n) is 16.9. The molecule has 2 heterocycles. The van der Waals surface area contributed by atoms with E-state index in [-0.39, 0.29) is 24.0 Å². The van der Waals surface area contributed by atoms with Crippen LogP contribution in [0.4, 0.5) is 36.4 Å². The minimum Gasteiger partial charge on any atom is -0.397 e. The van der Waals surface area contributed by atoms with E-state index in [4.69, 9.17) is 5.73 Å². The number of aromatic nitrogens is 3. The van der Waals surface area contributed by atoms with Crippen molar-refractivity contribution in [3.63, 3.8) is 0 Å². The molecule has 0 unspecified atom stereocenters. The smallest absolute Gasteiger partial charge is 0.397 e. The number of nitrogens with one attached hydrogen (secondary N) is 1. The number of nitrogens with zero attached hydrogens (tertiary/aromatic N) is 3. The monoisotopic (exact) mass is 463 g/mol. The molecule has 0 saturated heterocycles. The SMILES string of the molecule is C=C(N)c1cc(NC(=C)c2c(C(F)(F)F)c(C(C)(F)F)nn2CC2CC(F)(F)C2)ccn1. The lowest BCUT2D eigenvalue weighted by molar-refractivity contribution is -0.141. The average molecular weight is 463 g/mol. The third-order valence-corrected chi connectivity index (χ3v) is 4.93. The quantitative estimate of drug-likeness (QED) is 0.535. The van der Waals surface area contributed by atoms with Crippen LogP contribution in [0.15, 0.2) is 31.5 Å². The third kappa shape index (κ3) is 4.89. The number of halogens is 7. The summed E-state index contributed by atoms with van der Waals surface area (Å²) in [6.07, 6.45) is -5.03. The van der Waals surface area contributed by atoms with Crippen molar-refractivity contribution in [2.75, 3.05) is 5.32 Å². The van der Waals surface area contributed by atoms with Crippen LogP contribution >= 0.6 is 0 Å². The van der Waals surface area contributed by atoms with Crippen LogP contribution < -0.4 is 11.1 Å². The summed E-state index contributed by atoms with van der Waals surface area (Å²) in [5.41, 5.74) is 1.79. The summed E-state index contributed by atoms with van der Waals surface area (Å²) in [6.45, 7) is 6.97. The third-order valence-electron chi connectivity index (χ3n) is 4.93. The van der Waals surface area contributed by atoms with E-state index in [1.54, 1.807) is 0 Å². The van der Waals surface area contributed by atoms with Crippen LogP contribution in [0.25, 0.3) is 11.4 Å². The lowest BCUT2D eigenvalue weighted by atomic mass is 9.81.